The number of hydrogen-bond donors (Lipinski definition) is 1. The average molecular weight is 447 g/mol. The Kier molecular flexibility index (Phi) is 7.66. The zero-order valence-corrected chi connectivity index (χ0v) is 17.4. The van der Waals surface area contributed by atoms with Gasteiger partial charge in [-0.15, -0.1) is 0 Å². The molecule has 1 aromatic carbocycles. The monoisotopic (exact) mass is 447 g/mol. The number of esters is 2. The van der Waals surface area contributed by atoms with Crippen molar-refractivity contribution in [3.63, 3.8) is 0 Å². The minimum atomic E-state index is -0.485. The third-order valence-corrected chi connectivity index (χ3v) is 4.72. The van der Waals surface area contributed by atoms with Gasteiger partial charge in [0.2, 0.25) is 0 Å². The van der Waals surface area contributed by atoms with Gasteiger partial charge in [0, 0.05) is 10.1 Å². The van der Waals surface area contributed by atoms with Gasteiger partial charge in [0.25, 0.3) is 0 Å². The van der Waals surface area contributed by atoms with Crippen molar-refractivity contribution in [3.05, 3.63) is 31.9 Å². The number of nitrogens with one attached hydrogen (secondary N) is 1. The van der Waals surface area contributed by atoms with Crippen molar-refractivity contribution in [3.8, 4) is 0 Å². The summed E-state index contributed by atoms with van der Waals surface area (Å²) in [5.41, 5.74) is 3.71. The van der Waals surface area contributed by atoms with Crippen LogP contribution in [0.3, 0.4) is 0 Å². The second-order valence-electron chi connectivity index (χ2n) is 6.69. The molecule has 0 radical (unpaired) electrons. The second-order valence-corrected chi connectivity index (χ2v) is 7.85. The smallest absolute Gasteiger partial charge is 0.320 e. The fourth-order valence-electron chi connectivity index (χ4n) is 2.33. The molecule has 0 aliphatic carbocycles. The molecule has 24 heavy (non-hydrogen) atoms. The van der Waals surface area contributed by atoms with E-state index in [1.165, 1.54) is 7.11 Å². The van der Waals surface area contributed by atoms with Gasteiger partial charge in [-0.05, 0) is 85.5 Å². The largest absolute Gasteiger partial charge is 0.469 e. The summed E-state index contributed by atoms with van der Waals surface area (Å²) in [7, 11) is 1.39. The van der Waals surface area contributed by atoms with Crippen LogP contribution in [0.5, 0.6) is 0 Å². The lowest BCUT2D eigenvalue weighted by molar-refractivity contribution is -0.153. The molecule has 0 saturated carbocycles. The Morgan fingerprint density at radius 3 is 2.33 bits per heavy atom. The van der Waals surface area contributed by atoms with Gasteiger partial charge < -0.3 is 14.8 Å². The number of rotatable bonds is 6. The second kappa shape index (κ2) is 8.80. The van der Waals surface area contributed by atoms with Crippen LogP contribution in [0.1, 0.15) is 43.0 Å². The van der Waals surface area contributed by atoms with Crippen molar-refractivity contribution in [2.24, 2.45) is 0 Å². The number of ether oxygens (including phenoxy) is 2. The van der Waals surface area contributed by atoms with E-state index in [0.29, 0.717) is 6.54 Å². The summed E-state index contributed by atoms with van der Waals surface area (Å²) in [4.78, 5) is 23.4. The van der Waals surface area contributed by atoms with Crippen molar-refractivity contribution in [1.82, 2.24) is 5.32 Å². The first-order chi connectivity index (χ1) is 11.0. The number of methoxy groups -OCH3 is 1. The first-order valence-corrected chi connectivity index (χ1v) is 8.90. The highest BCUT2D eigenvalue weighted by atomic mass is 127. The first kappa shape index (κ1) is 20.9. The fraction of sp³-hybridized carbons (Fsp3) is 0.556. The van der Waals surface area contributed by atoms with Crippen molar-refractivity contribution in [2.45, 2.75) is 53.2 Å². The summed E-state index contributed by atoms with van der Waals surface area (Å²) in [5.74, 6) is -0.535. The molecular formula is C18H26INO4. The maximum atomic E-state index is 11.8. The van der Waals surface area contributed by atoms with Gasteiger partial charge in [0.1, 0.15) is 5.60 Å². The van der Waals surface area contributed by atoms with Crippen LogP contribution >= 0.6 is 22.6 Å². The van der Waals surface area contributed by atoms with E-state index in [0.717, 1.165) is 25.8 Å². The molecule has 1 aromatic rings. The Bertz CT molecular complexity index is 620. The molecule has 1 rings (SSSR count). The third-order valence-electron chi connectivity index (χ3n) is 3.60. The van der Waals surface area contributed by atoms with Crippen LogP contribution in [-0.4, -0.2) is 31.2 Å². The highest BCUT2D eigenvalue weighted by Crippen LogP contribution is 2.24. The molecule has 0 atom stereocenters. The minimum Gasteiger partial charge on any atom is -0.469 e. The molecule has 134 valence electrons. The molecule has 0 aromatic heterocycles. The molecule has 0 unspecified atom stereocenters. The van der Waals surface area contributed by atoms with Gasteiger partial charge in [-0.25, -0.2) is 0 Å². The highest BCUT2D eigenvalue weighted by molar-refractivity contribution is 14.1. The maximum absolute atomic E-state index is 11.8. The molecule has 0 saturated heterocycles. The molecule has 0 heterocycles. The van der Waals surface area contributed by atoms with Crippen LogP contribution in [0.25, 0.3) is 0 Å². The lowest BCUT2D eigenvalue weighted by atomic mass is 9.95. The molecule has 0 bridgehead atoms. The van der Waals surface area contributed by atoms with Crippen molar-refractivity contribution >= 4 is 34.5 Å². The van der Waals surface area contributed by atoms with E-state index in [2.05, 4.69) is 34.0 Å². The maximum Gasteiger partial charge on any atom is 0.320 e. The first-order valence-electron chi connectivity index (χ1n) is 7.82. The van der Waals surface area contributed by atoms with E-state index >= 15 is 0 Å². The number of halogens is 1. The number of carbonyl (C=O) groups is 2. The van der Waals surface area contributed by atoms with Crippen LogP contribution in [0.2, 0.25) is 0 Å². The Morgan fingerprint density at radius 1 is 1.17 bits per heavy atom. The molecule has 0 aliphatic rings. The van der Waals surface area contributed by atoms with E-state index in [9.17, 15) is 9.59 Å². The van der Waals surface area contributed by atoms with Gasteiger partial charge in [0.05, 0.1) is 20.1 Å². The van der Waals surface area contributed by atoms with Gasteiger partial charge in [-0.1, -0.05) is 0 Å². The van der Waals surface area contributed by atoms with Crippen LogP contribution in [0.4, 0.5) is 0 Å². The molecule has 0 amide bonds. The SMILES string of the molecule is COC(=O)Cc1c(C)c(I)cc(CNCC(=O)OC(C)(C)C)c1C. The summed E-state index contributed by atoms with van der Waals surface area (Å²) in [6, 6.07) is 2.08. The van der Waals surface area contributed by atoms with E-state index in [1.807, 2.05) is 34.6 Å². The van der Waals surface area contributed by atoms with Gasteiger partial charge in [-0.3, -0.25) is 9.59 Å². The zero-order valence-electron chi connectivity index (χ0n) is 15.2. The van der Waals surface area contributed by atoms with Crippen LogP contribution < -0.4 is 5.32 Å². The lowest BCUT2D eigenvalue weighted by Crippen LogP contribution is -2.31. The Balaban J connectivity index is 2.82. The number of hydrogen-bond acceptors (Lipinski definition) is 5. The van der Waals surface area contributed by atoms with Crippen LogP contribution in [0, 0.1) is 17.4 Å². The van der Waals surface area contributed by atoms with Crippen LogP contribution in [-0.2, 0) is 32.0 Å². The molecule has 0 spiro atoms. The molecule has 0 fully saturated rings. The molecule has 5 nitrogen and oxygen atoms in total. The van der Waals surface area contributed by atoms with Crippen LogP contribution in [0.15, 0.2) is 6.07 Å². The third kappa shape index (κ3) is 6.39. The number of carbonyl (C=O) groups excluding carboxylic acids is 2. The fourth-order valence-corrected chi connectivity index (χ4v) is 3.03. The Hall–Kier alpha value is -1.15. The summed E-state index contributed by atoms with van der Waals surface area (Å²) < 4.78 is 11.1. The quantitative estimate of drug-likeness (QED) is 0.537. The van der Waals surface area contributed by atoms with Crippen molar-refractivity contribution in [1.29, 1.82) is 0 Å². The molecule has 0 aliphatic heterocycles. The van der Waals surface area contributed by atoms with E-state index in [4.69, 9.17) is 9.47 Å². The van der Waals surface area contributed by atoms with Crippen molar-refractivity contribution in [2.75, 3.05) is 13.7 Å². The minimum absolute atomic E-state index is 0.146. The molecule has 6 heteroatoms. The summed E-state index contributed by atoms with van der Waals surface area (Å²) in [5, 5.41) is 3.11. The van der Waals surface area contributed by atoms with E-state index in [1.54, 1.807) is 0 Å². The summed E-state index contributed by atoms with van der Waals surface area (Å²) in [6.07, 6.45) is 0.254. The van der Waals surface area contributed by atoms with Gasteiger partial charge in [0.15, 0.2) is 0 Å². The predicted molar refractivity (Wildman–Crippen MR) is 102 cm³/mol. The zero-order chi connectivity index (χ0) is 18.5. The van der Waals surface area contributed by atoms with E-state index < -0.39 is 5.60 Å². The Labute approximate surface area is 157 Å². The topological polar surface area (TPSA) is 64.6 Å². The normalized spacial score (nSPS) is 11.3. The van der Waals surface area contributed by atoms with Crippen molar-refractivity contribution < 1.29 is 19.1 Å². The Morgan fingerprint density at radius 2 is 1.79 bits per heavy atom. The highest BCUT2D eigenvalue weighted by Gasteiger charge is 2.17. The van der Waals surface area contributed by atoms with E-state index in [-0.39, 0.29) is 24.9 Å². The molecule has 1 N–H and O–H groups in total. The lowest BCUT2D eigenvalue weighted by Gasteiger charge is -2.20. The summed E-state index contributed by atoms with van der Waals surface area (Å²) in [6.45, 7) is 10.2. The average Bonchev–Trinajstić information content (AvgIpc) is 2.46. The standard InChI is InChI=1S/C18H26INO4/c1-11-13(9-20-10-17(22)24-18(3,4)5)7-15(19)12(2)14(11)8-16(21)23-6/h7,20H,8-10H2,1-6H3. The number of benzene rings is 1. The summed E-state index contributed by atoms with van der Waals surface area (Å²) >= 11 is 2.26. The van der Waals surface area contributed by atoms with Gasteiger partial charge >= 0.3 is 11.9 Å². The predicted octanol–water partition coefficient (Wildman–Crippen LogP) is 3.05. The van der Waals surface area contributed by atoms with Gasteiger partial charge in [-0.2, -0.15) is 0 Å². The molecular weight excluding hydrogens is 421 g/mol.